The highest BCUT2D eigenvalue weighted by atomic mass is 32.2. The Kier molecular flexibility index (Phi) is 4.68. The monoisotopic (exact) mass is 336 g/mol. The zero-order valence-electron chi connectivity index (χ0n) is 13.8. The molecule has 0 amide bonds. The van der Waals surface area contributed by atoms with Crippen LogP contribution in [0.25, 0.3) is 11.2 Å². The zero-order chi connectivity index (χ0) is 16.4. The third kappa shape index (κ3) is 3.40. The lowest BCUT2D eigenvalue weighted by Gasteiger charge is -2.16. The molecule has 1 aliphatic heterocycles. The maximum Gasteiger partial charge on any atom is 0.214 e. The lowest BCUT2D eigenvalue weighted by Crippen LogP contribution is -2.31. The second kappa shape index (κ2) is 6.57. The first-order valence-electron chi connectivity index (χ1n) is 8.25. The van der Waals surface area contributed by atoms with Gasteiger partial charge in [-0.15, -0.1) is 0 Å². The number of nitrogens with zero attached hydrogens (tertiary/aromatic N) is 4. The molecule has 0 radical (unpaired) electrons. The fraction of sp³-hybridized carbons (Fsp3) is 0.625. The molecule has 0 aliphatic carbocycles. The molecule has 2 aromatic heterocycles. The SMILES string of the molecule is CCCCS(=O)(=O)N1CC[C@@H](Cc2nc3cccnc3n2C)C1. The van der Waals surface area contributed by atoms with Gasteiger partial charge in [0.05, 0.1) is 5.75 Å². The minimum Gasteiger partial charge on any atom is -0.316 e. The van der Waals surface area contributed by atoms with Gasteiger partial charge in [0.1, 0.15) is 11.3 Å². The summed E-state index contributed by atoms with van der Waals surface area (Å²) in [6, 6.07) is 3.85. The van der Waals surface area contributed by atoms with Crippen molar-refractivity contribution in [2.24, 2.45) is 13.0 Å². The quantitative estimate of drug-likeness (QED) is 0.809. The summed E-state index contributed by atoms with van der Waals surface area (Å²) in [6.45, 7) is 3.27. The van der Waals surface area contributed by atoms with Gasteiger partial charge in [-0.05, 0) is 30.9 Å². The molecule has 0 unspecified atom stereocenters. The van der Waals surface area contributed by atoms with Crippen molar-refractivity contribution in [2.75, 3.05) is 18.8 Å². The zero-order valence-corrected chi connectivity index (χ0v) is 14.6. The van der Waals surface area contributed by atoms with Crippen LogP contribution in [0.15, 0.2) is 18.3 Å². The number of fused-ring (bicyclic) bond motifs is 1. The molecular weight excluding hydrogens is 312 g/mol. The maximum absolute atomic E-state index is 12.3. The molecule has 2 aromatic rings. The van der Waals surface area contributed by atoms with Crippen molar-refractivity contribution in [2.45, 2.75) is 32.6 Å². The number of aromatic nitrogens is 3. The summed E-state index contributed by atoms with van der Waals surface area (Å²) in [5, 5.41) is 0. The normalized spacial score (nSPS) is 19.7. The molecule has 126 valence electrons. The largest absolute Gasteiger partial charge is 0.316 e. The topological polar surface area (TPSA) is 68.1 Å². The number of sulfonamides is 1. The van der Waals surface area contributed by atoms with E-state index in [9.17, 15) is 8.42 Å². The van der Waals surface area contributed by atoms with Gasteiger partial charge in [-0.1, -0.05) is 13.3 Å². The molecule has 3 heterocycles. The Morgan fingerprint density at radius 1 is 1.39 bits per heavy atom. The number of hydrogen-bond acceptors (Lipinski definition) is 4. The molecule has 1 aliphatic rings. The van der Waals surface area contributed by atoms with Crippen LogP contribution in [0.1, 0.15) is 32.0 Å². The average Bonchev–Trinajstić information content (AvgIpc) is 3.12. The van der Waals surface area contributed by atoms with E-state index in [4.69, 9.17) is 0 Å². The van der Waals surface area contributed by atoms with E-state index in [1.807, 2.05) is 30.7 Å². The molecule has 0 spiro atoms. The van der Waals surface area contributed by atoms with Crippen molar-refractivity contribution in [3.63, 3.8) is 0 Å². The fourth-order valence-electron chi connectivity index (χ4n) is 3.18. The lowest BCUT2D eigenvalue weighted by atomic mass is 10.1. The highest BCUT2D eigenvalue weighted by Gasteiger charge is 2.31. The minimum atomic E-state index is -3.09. The Bertz CT molecular complexity index is 784. The second-order valence-corrected chi connectivity index (χ2v) is 8.41. The van der Waals surface area contributed by atoms with Crippen molar-refractivity contribution in [3.05, 3.63) is 24.2 Å². The molecule has 7 heteroatoms. The van der Waals surface area contributed by atoms with Gasteiger partial charge < -0.3 is 4.57 Å². The van der Waals surface area contributed by atoms with Gasteiger partial charge in [0.2, 0.25) is 10.0 Å². The van der Waals surface area contributed by atoms with Crippen molar-refractivity contribution in [1.29, 1.82) is 0 Å². The predicted molar refractivity (Wildman–Crippen MR) is 90.6 cm³/mol. The van der Waals surface area contributed by atoms with E-state index >= 15 is 0 Å². The van der Waals surface area contributed by atoms with Crippen molar-refractivity contribution in [1.82, 2.24) is 18.8 Å². The van der Waals surface area contributed by atoms with Crippen LogP contribution in [0.5, 0.6) is 0 Å². The Morgan fingerprint density at radius 2 is 2.22 bits per heavy atom. The molecule has 6 nitrogen and oxygen atoms in total. The van der Waals surface area contributed by atoms with Crippen LogP contribution in [-0.2, 0) is 23.5 Å². The van der Waals surface area contributed by atoms with Gasteiger partial charge in [-0.3, -0.25) is 0 Å². The van der Waals surface area contributed by atoms with E-state index in [0.717, 1.165) is 42.7 Å². The minimum absolute atomic E-state index is 0.270. The Balaban J connectivity index is 1.69. The molecule has 1 fully saturated rings. The smallest absolute Gasteiger partial charge is 0.214 e. The van der Waals surface area contributed by atoms with Crippen LogP contribution in [0.2, 0.25) is 0 Å². The van der Waals surface area contributed by atoms with Crippen LogP contribution in [0.4, 0.5) is 0 Å². The van der Waals surface area contributed by atoms with Crippen molar-refractivity contribution < 1.29 is 8.42 Å². The Morgan fingerprint density at radius 3 is 2.96 bits per heavy atom. The standard InChI is InChI=1S/C16H24N4O2S/c1-3-4-10-23(21,22)20-9-7-13(12-20)11-15-18-14-6-5-8-17-16(14)19(15)2/h5-6,8,13H,3-4,7,9-12H2,1-2H3/t13-/m0/s1. The molecule has 1 saturated heterocycles. The fourth-order valence-corrected chi connectivity index (χ4v) is 4.92. The average molecular weight is 336 g/mol. The van der Waals surface area contributed by atoms with E-state index in [1.165, 1.54) is 0 Å². The first-order valence-corrected chi connectivity index (χ1v) is 9.86. The summed E-state index contributed by atoms with van der Waals surface area (Å²) < 4.78 is 28.3. The number of unbranched alkanes of at least 4 members (excludes halogenated alkanes) is 1. The summed E-state index contributed by atoms with van der Waals surface area (Å²) in [7, 11) is -1.11. The van der Waals surface area contributed by atoms with E-state index in [2.05, 4.69) is 9.97 Å². The summed E-state index contributed by atoms with van der Waals surface area (Å²) in [5.74, 6) is 1.59. The Hall–Kier alpha value is -1.47. The molecule has 23 heavy (non-hydrogen) atoms. The van der Waals surface area contributed by atoms with E-state index in [-0.39, 0.29) is 5.75 Å². The maximum atomic E-state index is 12.3. The third-order valence-corrected chi connectivity index (χ3v) is 6.51. The third-order valence-electron chi connectivity index (χ3n) is 4.59. The van der Waals surface area contributed by atoms with Gasteiger partial charge in [0, 0.05) is 32.8 Å². The number of pyridine rings is 1. The molecule has 0 bridgehead atoms. The van der Waals surface area contributed by atoms with Gasteiger partial charge in [0.25, 0.3) is 0 Å². The predicted octanol–water partition coefficient (Wildman–Crippen LogP) is 1.96. The number of imidazole rings is 1. The van der Waals surface area contributed by atoms with Gasteiger partial charge in [0.15, 0.2) is 5.65 Å². The highest BCUT2D eigenvalue weighted by Crippen LogP contribution is 2.24. The molecule has 0 aromatic carbocycles. The highest BCUT2D eigenvalue weighted by molar-refractivity contribution is 7.89. The molecular formula is C16H24N4O2S. The number of rotatable bonds is 6. The van der Waals surface area contributed by atoms with E-state index < -0.39 is 10.0 Å². The molecule has 1 atom stereocenters. The summed E-state index contributed by atoms with van der Waals surface area (Å²) in [5.41, 5.74) is 1.78. The van der Waals surface area contributed by atoms with Crippen molar-refractivity contribution in [3.8, 4) is 0 Å². The van der Waals surface area contributed by atoms with Gasteiger partial charge in [-0.25, -0.2) is 22.7 Å². The van der Waals surface area contributed by atoms with Gasteiger partial charge >= 0.3 is 0 Å². The van der Waals surface area contributed by atoms with E-state index in [0.29, 0.717) is 19.0 Å². The first kappa shape index (κ1) is 16.4. The molecule has 0 N–H and O–H groups in total. The van der Waals surface area contributed by atoms with Crippen LogP contribution in [0, 0.1) is 5.92 Å². The van der Waals surface area contributed by atoms with Crippen LogP contribution in [-0.4, -0.2) is 46.1 Å². The lowest BCUT2D eigenvalue weighted by molar-refractivity contribution is 0.450. The number of hydrogen-bond donors (Lipinski definition) is 0. The molecule has 3 rings (SSSR count). The second-order valence-electron chi connectivity index (χ2n) is 6.32. The van der Waals surface area contributed by atoms with Crippen LogP contribution < -0.4 is 0 Å². The van der Waals surface area contributed by atoms with Gasteiger partial charge in [-0.2, -0.15) is 0 Å². The summed E-state index contributed by atoms with van der Waals surface area (Å²) >= 11 is 0. The summed E-state index contributed by atoms with van der Waals surface area (Å²) in [6.07, 6.45) is 5.11. The summed E-state index contributed by atoms with van der Waals surface area (Å²) in [4.78, 5) is 9.00. The Labute approximate surface area is 137 Å². The first-order chi connectivity index (χ1) is 11.0. The van der Waals surface area contributed by atoms with Crippen LogP contribution >= 0.6 is 0 Å². The van der Waals surface area contributed by atoms with E-state index in [1.54, 1.807) is 10.5 Å². The van der Waals surface area contributed by atoms with Crippen molar-refractivity contribution >= 4 is 21.2 Å². The van der Waals surface area contributed by atoms with Crippen LogP contribution in [0.3, 0.4) is 0 Å². The number of aryl methyl sites for hydroxylation is 1. The molecule has 0 saturated carbocycles.